The molecule has 0 saturated heterocycles. The summed E-state index contributed by atoms with van der Waals surface area (Å²) in [6.45, 7) is 0.0374. The second-order valence-electron chi connectivity index (χ2n) is 3.95. The van der Waals surface area contributed by atoms with E-state index in [1.54, 1.807) is 0 Å². The van der Waals surface area contributed by atoms with Gasteiger partial charge in [0, 0.05) is 16.2 Å². The van der Waals surface area contributed by atoms with Crippen LogP contribution in [0.3, 0.4) is 0 Å². The summed E-state index contributed by atoms with van der Waals surface area (Å²) in [6.07, 6.45) is 0. The molecule has 0 heterocycles. The first-order valence-electron chi connectivity index (χ1n) is 5.76. The summed E-state index contributed by atoms with van der Waals surface area (Å²) in [5.41, 5.74) is 1.95. The minimum absolute atomic E-state index is 0.0374. The average molecular weight is 297 g/mol. The molecule has 19 heavy (non-hydrogen) atoms. The van der Waals surface area contributed by atoms with Gasteiger partial charge in [-0.25, -0.2) is 8.42 Å². The van der Waals surface area contributed by atoms with Crippen LogP contribution in [-0.4, -0.2) is 20.8 Å². The zero-order valence-corrected chi connectivity index (χ0v) is 11.7. The van der Waals surface area contributed by atoms with Gasteiger partial charge in [0.1, 0.15) is 12.4 Å². The first-order valence-corrected chi connectivity index (χ1v) is 8.24. The van der Waals surface area contributed by atoms with Crippen molar-refractivity contribution < 1.29 is 13.2 Å². The van der Waals surface area contributed by atoms with Crippen molar-refractivity contribution in [3.05, 3.63) is 54.6 Å². The zero-order chi connectivity index (χ0) is 13.7. The zero-order valence-electron chi connectivity index (χ0n) is 10.1. The Bertz CT molecular complexity index is 639. The fourth-order valence-corrected chi connectivity index (χ4v) is 2.17. The molecule has 3 nitrogen and oxygen atoms in total. The molecule has 0 aliphatic heterocycles. The smallest absolute Gasteiger partial charge is 0.235 e. The molecule has 0 fully saturated rings. The van der Waals surface area contributed by atoms with Gasteiger partial charge in [-0.3, -0.25) is 0 Å². The van der Waals surface area contributed by atoms with Gasteiger partial charge in [-0.2, -0.15) is 0 Å². The minimum atomic E-state index is -3.52. The lowest BCUT2D eigenvalue weighted by Crippen LogP contribution is -2.09. The van der Waals surface area contributed by atoms with Gasteiger partial charge < -0.3 is 4.74 Å². The highest BCUT2D eigenvalue weighted by molar-refractivity contribution is 8.13. The molecule has 0 aromatic heterocycles. The highest BCUT2D eigenvalue weighted by Gasteiger charge is 2.08. The summed E-state index contributed by atoms with van der Waals surface area (Å²) in [5, 5.41) is 0. The third-order valence-electron chi connectivity index (χ3n) is 2.56. The molecule has 0 spiro atoms. The molecule has 0 N–H and O–H groups in total. The molecule has 2 aromatic carbocycles. The van der Waals surface area contributed by atoms with E-state index in [0.29, 0.717) is 5.75 Å². The summed E-state index contributed by atoms with van der Waals surface area (Å²) >= 11 is 0. The third kappa shape index (κ3) is 4.26. The van der Waals surface area contributed by atoms with E-state index in [4.69, 9.17) is 15.4 Å². The van der Waals surface area contributed by atoms with Crippen LogP contribution in [0.2, 0.25) is 0 Å². The summed E-state index contributed by atoms with van der Waals surface area (Å²) in [7, 11) is 1.62. The van der Waals surface area contributed by atoms with Gasteiger partial charge in [0.2, 0.25) is 9.05 Å². The Balaban J connectivity index is 2.18. The van der Waals surface area contributed by atoms with Gasteiger partial charge in [0.05, 0.1) is 5.75 Å². The van der Waals surface area contributed by atoms with Gasteiger partial charge >= 0.3 is 0 Å². The predicted octanol–water partition coefficient (Wildman–Crippen LogP) is 3.30. The number of hydrogen-bond donors (Lipinski definition) is 0. The van der Waals surface area contributed by atoms with Crippen LogP contribution in [0.25, 0.3) is 11.1 Å². The molecule has 0 amide bonds. The maximum Gasteiger partial charge on any atom is 0.235 e. The highest BCUT2D eigenvalue weighted by Crippen LogP contribution is 2.29. The lowest BCUT2D eigenvalue weighted by atomic mass is 10.1. The number of para-hydroxylation sites is 1. The van der Waals surface area contributed by atoms with E-state index in [-0.39, 0.29) is 12.4 Å². The quantitative estimate of drug-likeness (QED) is 0.795. The Hall–Kier alpha value is -1.52. The first-order chi connectivity index (χ1) is 9.06. The van der Waals surface area contributed by atoms with Crippen molar-refractivity contribution in [3.8, 4) is 16.9 Å². The lowest BCUT2D eigenvalue weighted by Gasteiger charge is -2.10. The van der Waals surface area contributed by atoms with E-state index in [9.17, 15) is 8.42 Å². The Morgan fingerprint density at radius 3 is 2.26 bits per heavy atom. The Kier molecular flexibility index (Phi) is 4.45. The molecule has 0 radical (unpaired) electrons. The topological polar surface area (TPSA) is 43.4 Å². The summed E-state index contributed by atoms with van der Waals surface area (Å²) in [6, 6.07) is 17.3. The molecule has 0 saturated carbocycles. The van der Waals surface area contributed by atoms with Crippen LogP contribution >= 0.6 is 10.7 Å². The molecule has 2 rings (SSSR count). The standard InChI is InChI=1S/C14H13ClO3S/c15-19(16,17)11-10-18-14-9-5-4-8-13(14)12-6-2-1-3-7-12/h1-9H,10-11H2. The van der Waals surface area contributed by atoms with Crippen LogP contribution in [-0.2, 0) is 9.05 Å². The number of halogens is 1. The predicted molar refractivity (Wildman–Crippen MR) is 77.0 cm³/mol. The largest absolute Gasteiger partial charge is 0.492 e. The van der Waals surface area contributed by atoms with Gasteiger partial charge in [-0.05, 0) is 11.6 Å². The van der Waals surface area contributed by atoms with E-state index < -0.39 is 9.05 Å². The molecule has 5 heteroatoms. The molecule has 100 valence electrons. The second-order valence-corrected chi connectivity index (χ2v) is 6.85. The normalized spacial score (nSPS) is 11.2. The minimum Gasteiger partial charge on any atom is -0.492 e. The summed E-state index contributed by atoms with van der Waals surface area (Å²) < 4.78 is 27.2. The molecule has 0 aliphatic carbocycles. The molecule has 0 bridgehead atoms. The fourth-order valence-electron chi connectivity index (χ4n) is 1.70. The maximum atomic E-state index is 10.9. The van der Waals surface area contributed by atoms with E-state index in [2.05, 4.69) is 0 Å². The van der Waals surface area contributed by atoms with Gasteiger partial charge in [0.15, 0.2) is 0 Å². The maximum absolute atomic E-state index is 10.9. The van der Waals surface area contributed by atoms with Crippen LogP contribution in [0.15, 0.2) is 54.6 Å². The van der Waals surface area contributed by atoms with Crippen LogP contribution in [0.4, 0.5) is 0 Å². The molecular weight excluding hydrogens is 284 g/mol. The fraction of sp³-hybridized carbons (Fsp3) is 0.143. The van der Waals surface area contributed by atoms with Gasteiger partial charge in [-0.1, -0.05) is 48.5 Å². The van der Waals surface area contributed by atoms with Crippen molar-refractivity contribution in [3.63, 3.8) is 0 Å². The Morgan fingerprint density at radius 1 is 0.947 bits per heavy atom. The third-order valence-corrected chi connectivity index (χ3v) is 3.67. The SMILES string of the molecule is O=S(=O)(Cl)CCOc1ccccc1-c1ccccc1. The van der Waals surface area contributed by atoms with E-state index >= 15 is 0 Å². The summed E-state index contributed by atoms with van der Waals surface area (Å²) in [4.78, 5) is 0. The van der Waals surface area contributed by atoms with E-state index in [0.717, 1.165) is 11.1 Å². The molecular formula is C14H13ClO3S. The number of hydrogen-bond acceptors (Lipinski definition) is 3. The number of benzene rings is 2. The van der Waals surface area contributed by atoms with Crippen LogP contribution in [0.5, 0.6) is 5.75 Å². The Morgan fingerprint density at radius 2 is 1.58 bits per heavy atom. The Labute approximate surface area is 117 Å². The van der Waals surface area contributed by atoms with Crippen LogP contribution in [0.1, 0.15) is 0 Å². The second kappa shape index (κ2) is 6.08. The van der Waals surface area contributed by atoms with Crippen molar-refractivity contribution in [2.75, 3.05) is 12.4 Å². The van der Waals surface area contributed by atoms with Gasteiger partial charge in [-0.15, -0.1) is 0 Å². The molecule has 2 aromatic rings. The number of rotatable bonds is 5. The van der Waals surface area contributed by atoms with Crippen LogP contribution < -0.4 is 4.74 Å². The summed E-state index contributed by atoms with van der Waals surface area (Å²) in [5.74, 6) is 0.437. The molecule has 0 unspecified atom stereocenters. The molecule has 0 atom stereocenters. The van der Waals surface area contributed by atoms with Crippen molar-refractivity contribution in [2.24, 2.45) is 0 Å². The number of ether oxygens (including phenoxy) is 1. The van der Waals surface area contributed by atoms with Crippen molar-refractivity contribution in [1.29, 1.82) is 0 Å². The van der Waals surface area contributed by atoms with Crippen molar-refractivity contribution >= 4 is 19.7 Å². The van der Waals surface area contributed by atoms with Crippen molar-refractivity contribution in [2.45, 2.75) is 0 Å². The lowest BCUT2D eigenvalue weighted by molar-refractivity contribution is 0.343. The highest BCUT2D eigenvalue weighted by atomic mass is 35.7. The monoisotopic (exact) mass is 296 g/mol. The van der Waals surface area contributed by atoms with Crippen molar-refractivity contribution in [1.82, 2.24) is 0 Å². The first kappa shape index (κ1) is 13.9. The molecule has 0 aliphatic rings. The van der Waals surface area contributed by atoms with Gasteiger partial charge in [0.25, 0.3) is 0 Å². The average Bonchev–Trinajstić information content (AvgIpc) is 2.39. The van der Waals surface area contributed by atoms with E-state index in [1.807, 2.05) is 54.6 Å². The van der Waals surface area contributed by atoms with E-state index in [1.165, 1.54) is 0 Å². The van der Waals surface area contributed by atoms with Crippen LogP contribution in [0, 0.1) is 0 Å².